The average Bonchev–Trinajstić information content (AvgIpc) is 3.24. The number of hydrogen-bond acceptors (Lipinski definition) is 7. The second-order valence-electron chi connectivity index (χ2n) is 9.92. The number of amides is 1. The van der Waals surface area contributed by atoms with Crippen molar-refractivity contribution in [3.8, 4) is 5.75 Å². The quantitative estimate of drug-likeness (QED) is 0.380. The number of hydrogen-bond donors (Lipinski definition) is 0. The molecule has 4 atom stereocenters. The lowest BCUT2D eigenvalue weighted by molar-refractivity contribution is -0.109. The topological polar surface area (TPSA) is 85.2 Å². The molecular weight excluding hydrogens is 436 g/mol. The molecule has 8 heteroatoms. The number of nitrogens with zero attached hydrogens (tertiary/aromatic N) is 2. The molecule has 2 fully saturated rings. The van der Waals surface area contributed by atoms with E-state index in [0.717, 1.165) is 23.1 Å². The van der Waals surface area contributed by atoms with E-state index in [2.05, 4.69) is 4.90 Å². The molecule has 5 rings (SSSR count). The predicted octanol–water partition coefficient (Wildman–Crippen LogP) is 3.52. The Kier molecular flexibility index (Phi) is 5.26. The lowest BCUT2D eigenvalue weighted by Gasteiger charge is -2.27. The largest absolute Gasteiger partial charge is 0.488 e. The third-order valence-corrected chi connectivity index (χ3v) is 6.62. The smallest absolute Gasteiger partial charge is 0.411 e. The van der Waals surface area contributed by atoms with Gasteiger partial charge in [-0.25, -0.2) is 9.59 Å². The Morgan fingerprint density at radius 2 is 1.85 bits per heavy atom. The van der Waals surface area contributed by atoms with Gasteiger partial charge in [-0.05, 0) is 38.5 Å². The van der Waals surface area contributed by atoms with Gasteiger partial charge < -0.3 is 23.9 Å². The van der Waals surface area contributed by atoms with E-state index < -0.39 is 17.5 Å². The monoisotopic (exact) mass is 464 g/mol. The molecule has 2 aromatic rings. The third kappa shape index (κ3) is 3.67. The van der Waals surface area contributed by atoms with Gasteiger partial charge in [-0.15, -0.1) is 0 Å². The van der Waals surface area contributed by atoms with Crippen molar-refractivity contribution >= 4 is 24.0 Å². The second-order valence-corrected chi connectivity index (χ2v) is 9.92. The van der Waals surface area contributed by atoms with Crippen molar-refractivity contribution < 1.29 is 28.6 Å². The summed E-state index contributed by atoms with van der Waals surface area (Å²) in [7, 11) is 1.33. The van der Waals surface area contributed by atoms with Gasteiger partial charge in [0, 0.05) is 17.8 Å². The van der Waals surface area contributed by atoms with Crippen molar-refractivity contribution in [2.24, 2.45) is 0 Å². The summed E-state index contributed by atoms with van der Waals surface area (Å²) < 4.78 is 16.7. The fraction of sp³-hybridized carbons (Fsp3) is 0.423. The zero-order valence-corrected chi connectivity index (χ0v) is 19.7. The van der Waals surface area contributed by atoms with Crippen molar-refractivity contribution in [3.05, 3.63) is 59.2 Å². The standard InChI is InChI=1S/C26H28N2O6/c1-26(2,3)34-25(31)28-19-12-27-18-10-16(24(30)32-4)11-20(33-14-15-8-6-5-7-9-15)21(18)17(13-29)22(27)23(19)28/h5-11,13,17,19,22-23H,12,14H2,1-4H3/t17?,19-,22-,23-,28?/m0/s1. The van der Waals surface area contributed by atoms with Crippen LogP contribution >= 0.6 is 0 Å². The molecule has 1 amide bonds. The van der Waals surface area contributed by atoms with Crippen LogP contribution in [0.4, 0.5) is 10.5 Å². The molecule has 3 aliphatic rings. The van der Waals surface area contributed by atoms with Crippen molar-refractivity contribution in [2.75, 3.05) is 18.6 Å². The Hall–Kier alpha value is -3.55. The van der Waals surface area contributed by atoms with E-state index in [1.807, 2.05) is 51.1 Å². The van der Waals surface area contributed by atoms with Gasteiger partial charge in [-0.3, -0.25) is 4.90 Å². The van der Waals surface area contributed by atoms with E-state index in [9.17, 15) is 14.4 Å². The molecule has 3 aliphatic heterocycles. The molecule has 178 valence electrons. The maximum absolute atomic E-state index is 12.7. The van der Waals surface area contributed by atoms with Crippen LogP contribution in [0.3, 0.4) is 0 Å². The molecule has 0 spiro atoms. The summed E-state index contributed by atoms with van der Waals surface area (Å²) in [6, 6.07) is 12.7. The molecular formula is C26H28N2O6. The van der Waals surface area contributed by atoms with Gasteiger partial charge in [0.1, 0.15) is 24.2 Å². The summed E-state index contributed by atoms with van der Waals surface area (Å²) in [5.41, 5.74) is 2.27. The Bertz CT molecular complexity index is 1140. The molecule has 2 saturated heterocycles. The molecule has 0 N–H and O–H groups in total. The Morgan fingerprint density at radius 3 is 2.50 bits per heavy atom. The van der Waals surface area contributed by atoms with E-state index in [1.54, 1.807) is 17.0 Å². The lowest BCUT2D eigenvalue weighted by atomic mass is 9.92. The second kappa shape index (κ2) is 8.04. The Balaban J connectivity index is 1.47. The minimum Gasteiger partial charge on any atom is -0.488 e. The highest BCUT2D eigenvalue weighted by Gasteiger charge is 2.67. The Morgan fingerprint density at radius 1 is 1.12 bits per heavy atom. The molecule has 34 heavy (non-hydrogen) atoms. The van der Waals surface area contributed by atoms with Gasteiger partial charge in [0.2, 0.25) is 0 Å². The molecule has 8 nitrogen and oxygen atoms in total. The van der Waals surface area contributed by atoms with E-state index in [4.69, 9.17) is 14.2 Å². The summed E-state index contributed by atoms with van der Waals surface area (Å²) in [5.74, 6) is -0.484. The first-order valence-electron chi connectivity index (χ1n) is 11.4. The zero-order chi connectivity index (χ0) is 24.2. The molecule has 0 radical (unpaired) electrons. The first kappa shape index (κ1) is 22.3. The molecule has 0 aliphatic carbocycles. The van der Waals surface area contributed by atoms with E-state index >= 15 is 0 Å². The molecule has 2 aromatic carbocycles. The zero-order valence-electron chi connectivity index (χ0n) is 19.7. The van der Waals surface area contributed by atoms with E-state index in [-0.39, 0.29) is 24.2 Å². The van der Waals surface area contributed by atoms with Crippen LogP contribution in [0.2, 0.25) is 0 Å². The number of esters is 1. The average molecular weight is 465 g/mol. The van der Waals surface area contributed by atoms with Crippen LogP contribution in [-0.4, -0.2) is 60.6 Å². The summed E-state index contributed by atoms with van der Waals surface area (Å²) in [5, 5.41) is 0. The van der Waals surface area contributed by atoms with Crippen LogP contribution in [0, 0.1) is 0 Å². The van der Waals surface area contributed by atoms with Crippen molar-refractivity contribution in [3.63, 3.8) is 0 Å². The fourth-order valence-electron chi connectivity index (χ4n) is 5.23. The molecule has 0 bridgehead atoms. The lowest BCUT2D eigenvalue weighted by Crippen LogP contribution is -2.41. The van der Waals surface area contributed by atoms with Crippen LogP contribution < -0.4 is 9.64 Å². The number of piperazine rings is 1. The summed E-state index contributed by atoms with van der Waals surface area (Å²) >= 11 is 0. The summed E-state index contributed by atoms with van der Waals surface area (Å²) in [6.45, 7) is 6.36. The fourth-order valence-corrected chi connectivity index (χ4v) is 5.23. The van der Waals surface area contributed by atoms with Gasteiger partial charge in [0.05, 0.1) is 36.7 Å². The van der Waals surface area contributed by atoms with E-state index in [1.165, 1.54) is 7.11 Å². The van der Waals surface area contributed by atoms with Crippen LogP contribution in [0.1, 0.15) is 48.2 Å². The van der Waals surface area contributed by atoms with Gasteiger partial charge in [-0.2, -0.15) is 0 Å². The predicted molar refractivity (Wildman–Crippen MR) is 124 cm³/mol. The minimum absolute atomic E-state index is 0.0223. The molecule has 3 heterocycles. The number of carbonyl (C=O) groups excluding carboxylic acids is 3. The number of carbonyl (C=O) groups is 3. The number of ether oxygens (including phenoxy) is 3. The number of methoxy groups -OCH3 is 1. The van der Waals surface area contributed by atoms with Crippen molar-refractivity contribution in [1.29, 1.82) is 0 Å². The summed E-state index contributed by atoms with van der Waals surface area (Å²) in [4.78, 5) is 41.3. The van der Waals surface area contributed by atoms with Crippen LogP contribution in [-0.2, 0) is 20.9 Å². The van der Waals surface area contributed by atoms with Gasteiger partial charge in [0.25, 0.3) is 0 Å². The first-order chi connectivity index (χ1) is 16.2. The van der Waals surface area contributed by atoms with Crippen molar-refractivity contribution in [2.45, 2.75) is 57.0 Å². The number of fused-ring (bicyclic) bond motifs is 5. The van der Waals surface area contributed by atoms with Crippen molar-refractivity contribution in [1.82, 2.24) is 4.90 Å². The number of aldehydes is 1. The maximum atomic E-state index is 12.7. The maximum Gasteiger partial charge on any atom is 0.411 e. The normalized spacial score (nSPS) is 24.1. The highest BCUT2D eigenvalue weighted by molar-refractivity contribution is 5.94. The minimum atomic E-state index is -0.593. The number of benzene rings is 2. The summed E-state index contributed by atoms with van der Waals surface area (Å²) in [6.07, 6.45) is 0.559. The SMILES string of the molecule is COC(=O)c1cc(OCc2ccccc2)c2c(c1)N1C[C@H]3[C@@H]([C@@H]1C2C=O)N3C(=O)OC(C)(C)C. The molecule has 1 unspecified atom stereocenters. The Labute approximate surface area is 198 Å². The van der Waals surface area contributed by atoms with E-state index in [0.29, 0.717) is 24.5 Å². The van der Waals surface area contributed by atoms with Gasteiger partial charge in [-0.1, -0.05) is 30.3 Å². The van der Waals surface area contributed by atoms with Crippen LogP contribution in [0.5, 0.6) is 5.75 Å². The van der Waals surface area contributed by atoms with Gasteiger partial charge >= 0.3 is 12.1 Å². The van der Waals surface area contributed by atoms with Crippen LogP contribution in [0.15, 0.2) is 42.5 Å². The van der Waals surface area contributed by atoms with Crippen LogP contribution in [0.25, 0.3) is 0 Å². The van der Waals surface area contributed by atoms with Gasteiger partial charge in [0.15, 0.2) is 0 Å². The first-order valence-corrected chi connectivity index (χ1v) is 11.4. The molecule has 0 aromatic heterocycles. The third-order valence-electron chi connectivity index (χ3n) is 6.62. The highest BCUT2D eigenvalue weighted by Crippen LogP contribution is 2.56. The molecule has 0 saturated carbocycles. The highest BCUT2D eigenvalue weighted by atomic mass is 16.6. The number of anilines is 1. The number of rotatable bonds is 5.